The van der Waals surface area contributed by atoms with E-state index in [1.54, 1.807) is 12.1 Å². The Kier molecular flexibility index (Phi) is 3.94. The van der Waals surface area contributed by atoms with Gasteiger partial charge in [-0.1, -0.05) is 6.92 Å². The van der Waals surface area contributed by atoms with Crippen LogP contribution in [0.3, 0.4) is 0 Å². The second-order valence-corrected chi connectivity index (χ2v) is 4.75. The van der Waals surface area contributed by atoms with Crippen molar-refractivity contribution in [2.24, 2.45) is 0 Å². The molecule has 0 saturated heterocycles. The number of aromatic hydroxyl groups is 1. The lowest BCUT2D eigenvalue weighted by atomic mass is 10.2. The Balaban J connectivity index is 2.06. The van der Waals surface area contributed by atoms with Crippen molar-refractivity contribution in [3.63, 3.8) is 0 Å². The number of amides is 1. The highest BCUT2D eigenvalue weighted by Crippen LogP contribution is 2.23. The summed E-state index contributed by atoms with van der Waals surface area (Å²) in [6.45, 7) is 2.29. The molecule has 2 N–H and O–H groups in total. The zero-order chi connectivity index (χ0) is 13.0. The quantitative estimate of drug-likeness (QED) is 0.890. The number of thiazole rings is 1. The molecule has 94 valence electrons. The van der Waals surface area contributed by atoms with Gasteiger partial charge in [0.25, 0.3) is 0 Å². The fraction of sp³-hybridized carbons (Fsp3) is 0.231. The van der Waals surface area contributed by atoms with Crippen molar-refractivity contribution in [3.8, 4) is 17.0 Å². The molecule has 0 unspecified atom stereocenters. The molecule has 0 saturated carbocycles. The van der Waals surface area contributed by atoms with E-state index in [0.29, 0.717) is 13.0 Å². The average Bonchev–Trinajstić information content (AvgIpc) is 2.85. The van der Waals surface area contributed by atoms with Gasteiger partial charge in [0.05, 0.1) is 12.2 Å². The molecule has 1 aromatic heterocycles. The SMILES string of the molecule is CCC(=O)NCc1nc(-c2ccc(O)cc2)cs1. The van der Waals surface area contributed by atoms with E-state index in [9.17, 15) is 9.90 Å². The lowest BCUT2D eigenvalue weighted by Gasteiger charge is -1.99. The van der Waals surface area contributed by atoms with Crippen LogP contribution in [-0.2, 0) is 11.3 Å². The van der Waals surface area contributed by atoms with E-state index in [0.717, 1.165) is 16.3 Å². The molecule has 0 spiro atoms. The third-order valence-corrected chi connectivity index (χ3v) is 3.32. The van der Waals surface area contributed by atoms with Crippen LogP contribution < -0.4 is 5.32 Å². The first-order valence-electron chi connectivity index (χ1n) is 5.69. The molecule has 0 bridgehead atoms. The second-order valence-electron chi connectivity index (χ2n) is 3.80. The number of nitrogens with zero attached hydrogens (tertiary/aromatic N) is 1. The summed E-state index contributed by atoms with van der Waals surface area (Å²) in [6, 6.07) is 6.90. The van der Waals surface area contributed by atoms with Crippen molar-refractivity contribution in [1.82, 2.24) is 10.3 Å². The molecular weight excluding hydrogens is 248 g/mol. The molecule has 2 aromatic rings. The number of carbonyl (C=O) groups excluding carboxylic acids is 1. The van der Waals surface area contributed by atoms with Crippen LogP contribution >= 0.6 is 11.3 Å². The van der Waals surface area contributed by atoms with E-state index in [1.807, 2.05) is 24.4 Å². The lowest BCUT2D eigenvalue weighted by Crippen LogP contribution is -2.21. The highest BCUT2D eigenvalue weighted by atomic mass is 32.1. The van der Waals surface area contributed by atoms with Crippen LogP contribution in [-0.4, -0.2) is 16.0 Å². The maximum atomic E-state index is 11.1. The standard InChI is InChI=1S/C13H14N2O2S/c1-2-12(17)14-7-13-15-11(8-18-13)9-3-5-10(16)6-4-9/h3-6,8,16H,2,7H2,1H3,(H,14,17). The van der Waals surface area contributed by atoms with Gasteiger partial charge in [0.15, 0.2) is 0 Å². The Morgan fingerprint density at radius 2 is 2.11 bits per heavy atom. The molecule has 2 rings (SSSR count). The summed E-state index contributed by atoms with van der Waals surface area (Å²) in [5.74, 6) is 0.265. The van der Waals surface area contributed by atoms with Gasteiger partial charge in [-0.15, -0.1) is 11.3 Å². The van der Waals surface area contributed by atoms with Crippen molar-refractivity contribution in [2.75, 3.05) is 0 Å². The molecule has 0 aliphatic rings. The topological polar surface area (TPSA) is 62.2 Å². The maximum Gasteiger partial charge on any atom is 0.220 e. The summed E-state index contributed by atoms with van der Waals surface area (Å²) in [5.41, 5.74) is 1.82. The van der Waals surface area contributed by atoms with E-state index >= 15 is 0 Å². The summed E-state index contributed by atoms with van der Waals surface area (Å²) >= 11 is 1.51. The van der Waals surface area contributed by atoms with E-state index in [1.165, 1.54) is 11.3 Å². The molecule has 0 aliphatic carbocycles. The van der Waals surface area contributed by atoms with Crippen molar-refractivity contribution in [1.29, 1.82) is 0 Å². The number of phenolic OH excluding ortho intramolecular Hbond substituents is 1. The zero-order valence-electron chi connectivity index (χ0n) is 10.0. The molecule has 18 heavy (non-hydrogen) atoms. The van der Waals surface area contributed by atoms with Crippen molar-refractivity contribution in [3.05, 3.63) is 34.7 Å². The molecule has 0 aliphatic heterocycles. The molecule has 1 heterocycles. The Morgan fingerprint density at radius 3 is 2.78 bits per heavy atom. The third kappa shape index (κ3) is 3.07. The van der Waals surface area contributed by atoms with Gasteiger partial charge in [-0.05, 0) is 24.3 Å². The minimum Gasteiger partial charge on any atom is -0.508 e. The summed E-state index contributed by atoms with van der Waals surface area (Å²) in [5, 5.41) is 14.8. The molecular formula is C13H14N2O2S. The summed E-state index contributed by atoms with van der Waals surface area (Å²) < 4.78 is 0. The van der Waals surface area contributed by atoms with Gasteiger partial charge in [0, 0.05) is 17.4 Å². The van der Waals surface area contributed by atoms with Crippen LogP contribution in [0, 0.1) is 0 Å². The van der Waals surface area contributed by atoms with Crippen molar-refractivity contribution >= 4 is 17.2 Å². The lowest BCUT2D eigenvalue weighted by molar-refractivity contribution is -0.120. The minimum atomic E-state index is 0.0244. The van der Waals surface area contributed by atoms with Gasteiger partial charge in [-0.2, -0.15) is 0 Å². The number of carbonyl (C=O) groups is 1. The minimum absolute atomic E-state index is 0.0244. The van der Waals surface area contributed by atoms with Crippen LogP contribution in [0.5, 0.6) is 5.75 Å². The van der Waals surface area contributed by atoms with Gasteiger partial charge < -0.3 is 10.4 Å². The van der Waals surface area contributed by atoms with Crippen molar-refractivity contribution in [2.45, 2.75) is 19.9 Å². The summed E-state index contributed by atoms with van der Waals surface area (Å²) in [6.07, 6.45) is 0.482. The number of aromatic nitrogens is 1. The highest BCUT2D eigenvalue weighted by molar-refractivity contribution is 7.09. The van der Waals surface area contributed by atoms with Gasteiger partial charge in [0.1, 0.15) is 10.8 Å². The van der Waals surface area contributed by atoms with Gasteiger partial charge >= 0.3 is 0 Å². The Hall–Kier alpha value is -1.88. The average molecular weight is 262 g/mol. The maximum absolute atomic E-state index is 11.1. The highest BCUT2D eigenvalue weighted by Gasteiger charge is 2.05. The molecule has 1 aromatic carbocycles. The second kappa shape index (κ2) is 5.64. The summed E-state index contributed by atoms with van der Waals surface area (Å²) in [7, 11) is 0. The van der Waals surface area contributed by atoms with Crippen LogP contribution in [0.2, 0.25) is 0 Å². The largest absolute Gasteiger partial charge is 0.508 e. The van der Waals surface area contributed by atoms with Crippen LogP contribution in [0.25, 0.3) is 11.3 Å². The van der Waals surface area contributed by atoms with Crippen molar-refractivity contribution < 1.29 is 9.90 Å². The fourth-order valence-corrected chi connectivity index (χ4v) is 2.20. The number of benzene rings is 1. The van der Waals surface area contributed by atoms with Gasteiger partial charge in [-0.25, -0.2) is 4.98 Å². The van der Waals surface area contributed by atoms with E-state index in [2.05, 4.69) is 10.3 Å². The van der Waals surface area contributed by atoms with Gasteiger partial charge in [-0.3, -0.25) is 4.79 Å². The first-order chi connectivity index (χ1) is 8.69. The molecule has 1 amide bonds. The Morgan fingerprint density at radius 1 is 1.39 bits per heavy atom. The number of nitrogens with one attached hydrogen (secondary N) is 1. The van der Waals surface area contributed by atoms with Crippen LogP contribution in [0.1, 0.15) is 18.4 Å². The fourth-order valence-electron chi connectivity index (χ4n) is 1.46. The Bertz CT molecular complexity index is 534. The predicted molar refractivity (Wildman–Crippen MR) is 71.4 cm³/mol. The number of hydrogen-bond acceptors (Lipinski definition) is 4. The van der Waals surface area contributed by atoms with Crippen LogP contribution in [0.15, 0.2) is 29.6 Å². The van der Waals surface area contributed by atoms with E-state index < -0.39 is 0 Å². The van der Waals surface area contributed by atoms with Crippen LogP contribution in [0.4, 0.5) is 0 Å². The molecule has 0 atom stereocenters. The Labute approximate surface area is 109 Å². The molecule has 4 nitrogen and oxygen atoms in total. The smallest absolute Gasteiger partial charge is 0.220 e. The number of rotatable bonds is 4. The predicted octanol–water partition coefficient (Wildman–Crippen LogP) is 2.54. The van der Waals surface area contributed by atoms with Gasteiger partial charge in [0.2, 0.25) is 5.91 Å². The van der Waals surface area contributed by atoms with E-state index in [-0.39, 0.29) is 11.7 Å². The molecule has 0 radical (unpaired) electrons. The molecule has 5 heteroatoms. The first kappa shape index (κ1) is 12.6. The normalized spacial score (nSPS) is 10.3. The zero-order valence-corrected chi connectivity index (χ0v) is 10.8. The first-order valence-corrected chi connectivity index (χ1v) is 6.57. The summed E-state index contributed by atoms with van der Waals surface area (Å²) in [4.78, 5) is 15.6. The van der Waals surface area contributed by atoms with E-state index in [4.69, 9.17) is 0 Å². The molecule has 0 fully saturated rings. The third-order valence-electron chi connectivity index (χ3n) is 2.47. The monoisotopic (exact) mass is 262 g/mol. The number of phenols is 1. The number of hydrogen-bond donors (Lipinski definition) is 2.